The maximum atomic E-state index is 13.1. The predicted octanol–water partition coefficient (Wildman–Crippen LogP) is 2.38. The summed E-state index contributed by atoms with van der Waals surface area (Å²) in [5, 5.41) is 7.73. The van der Waals surface area contributed by atoms with Gasteiger partial charge in [0.25, 0.3) is 0 Å². The van der Waals surface area contributed by atoms with Gasteiger partial charge in [-0.15, -0.1) is 0 Å². The lowest BCUT2D eigenvalue weighted by Crippen LogP contribution is -2.27. The molecule has 1 aliphatic rings. The van der Waals surface area contributed by atoms with E-state index >= 15 is 0 Å². The standard InChI is InChI=1S/C16H22F3N5O/c1-22(8-13-10-24(3)21-15(13)16(17,18)19)7-11-4-5-25-14(11)12-6-20-23(2)9-12/h6,9-11,14H,4-5,7-8H2,1-3H3/t11-,14+/m1/s1. The third kappa shape index (κ3) is 4.04. The highest BCUT2D eigenvalue weighted by Crippen LogP contribution is 2.35. The normalized spacial score (nSPS) is 21.4. The maximum absolute atomic E-state index is 13.1. The molecular weight excluding hydrogens is 335 g/mol. The number of hydrogen-bond donors (Lipinski definition) is 0. The van der Waals surface area contributed by atoms with Gasteiger partial charge >= 0.3 is 6.18 Å². The van der Waals surface area contributed by atoms with Gasteiger partial charge < -0.3 is 9.64 Å². The Balaban J connectivity index is 1.67. The van der Waals surface area contributed by atoms with Crippen molar-refractivity contribution in [3.63, 3.8) is 0 Å². The lowest BCUT2D eigenvalue weighted by atomic mass is 9.96. The van der Waals surface area contributed by atoms with Crippen molar-refractivity contribution < 1.29 is 17.9 Å². The van der Waals surface area contributed by atoms with Gasteiger partial charge in [-0.1, -0.05) is 0 Å². The van der Waals surface area contributed by atoms with Crippen molar-refractivity contribution in [1.82, 2.24) is 24.5 Å². The summed E-state index contributed by atoms with van der Waals surface area (Å²) in [6, 6.07) is 0. The number of halogens is 3. The molecule has 138 valence electrons. The second kappa shape index (κ2) is 6.80. The Morgan fingerprint density at radius 2 is 2.04 bits per heavy atom. The molecule has 0 aliphatic carbocycles. The Morgan fingerprint density at radius 1 is 1.28 bits per heavy atom. The molecule has 0 amide bonds. The van der Waals surface area contributed by atoms with Crippen molar-refractivity contribution in [3.05, 3.63) is 35.4 Å². The van der Waals surface area contributed by atoms with Crippen LogP contribution in [0, 0.1) is 5.92 Å². The zero-order valence-corrected chi connectivity index (χ0v) is 14.5. The number of hydrogen-bond acceptors (Lipinski definition) is 4. The lowest BCUT2D eigenvalue weighted by molar-refractivity contribution is -0.142. The van der Waals surface area contributed by atoms with Gasteiger partial charge in [0.15, 0.2) is 5.69 Å². The average molecular weight is 357 g/mol. The maximum Gasteiger partial charge on any atom is 0.435 e. The van der Waals surface area contributed by atoms with Crippen LogP contribution in [0.4, 0.5) is 13.2 Å². The van der Waals surface area contributed by atoms with Crippen LogP contribution in [0.2, 0.25) is 0 Å². The first-order chi connectivity index (χ1) is 11.7. The number of alkyl halides is 3. The van der Waals surface area contributed by atoms with Gasteiger partial charge in [-0.05, 0) is 13.5 Å². The van der Waals surface area contributed by atoms with Gasteiger partial charge in [0.1, 0.15) is 0 Å². The monoisotopic (exact) mass is 357 g/mol. The molecule has 3 heterocycles. The third-order valence-electron chi connectivity index (χ3n) is 4.43. The van der Waals surface area contributed by atoms with E-state index in [0.717, 1.165) is 12.0 Å². The van der Waals surface area contributed by atoms with Crippen molar-refractivity contribution in [2.45, 2.75) is 25.2 Å². The van der Waals surface area contributed by atoms with E-state index in [4.69, 9.17) is 4.74 Å². The second-order valence-corrected chi connectivity index (χ2v) is 6.66. The molecule has 0 bridgehead atoms. The summed E-state index contributed by atoms with van der Waals surface area (Å²) in [5.74, 6) is 0.222. The average Bonchev–Trinajstić information content (AvgIpc) is 3.18. The zero-order valence-electron chi connectivity index (χ0n) is 14.5. The van der Waals surface area contributed by atoms with Gasteiger partial charge in [-0.25, -0.2) is 0 Å². The first kappa shape index (κ1) is 17.9. The quantitative estimate of drug-likeness (QED) is 0.824. The number of aryl methyl sites for hydroxylation is 2. The highest BCUT2D eigenvalue weighted by atomic mass is 19.4. The van der Waals surface area contributed by atoms with Crippen molar-refractivity contribution in [2.75, 3.05) is 20.2 Å². The summed E-state index contributed by atoms with van der Waals surface area (Å²) in [5.41, 5.74) is 0.387. The molecule has 6 nitrogen and oxygen atoms in total. The van der Waals surface area contributed by atoms with Crippen molar-refractivity contribution >= 4 is 0 Å². The van der Waals surface area contributed by atoms with E-state index in [2.05, 4.69) is 10.2 Å². The summed E-state index contributed by atoms with van der Waals surface area (Å²) in [6.45, 7) is 1.49. The van der Waals surface area contributed by atoms with Gasteiger partial charge in [-0.3, -0.25) is 9.36 Å². The Morgan fingerprint density at radius 3 is 2.68 bits per heavy atom. The number of aromatic nitrogens is 4. The zero-order chi connectivity index (χ0) is 18.2. The summed E-state index contributed by atoms with van der Waals surface area (Å²) in [6.07, 6.45) is 1.52. The van der Waals surface area contributed by atoms with E-state index in [1.807, 2.05) is 25.2 Å². The van der Waals surface area contributed by atoms with Gasteiger partial charge in [0.2, 0.25) is 0 Å². The summed E-state index contributed by atoms with van der Waals surface area (Å²) in [4.78, 5) is 1.90. The van der Waals surface area contributed by atoms with Crippen LogP contribution in [0.3, 0.4) is 0 Å². The number of nitrogens with zero attached hydrogens (tertiary/aromatic N) is 5. The summed E-state index contributed by atoms with van der Waals surface area (Å²) < 4.78 is 48.0. The largest absolute Gasteiger partial charge is 0.435 e. The van der Waals surface area contributed by atoms with Crippen LogP contribution in [-0.2, 0) is 31.6 Å². The second-order valence-electron chi connectivity index (χ2n) is 6.66. The fraction of sp³-hybridized carbons (Fsp3) is 0.625. The van der Waals surface area contributed by atoms with E-state index in [0.29, 0.717) is 13.2 Å². The Hall–Kier alpha value is -1.87. The lowest BCUT2D eigenvalue weighted by Gasteiger charge is -2.24. The van der Waals surface area contributed by atoms with Crippen LogP contribution in [0.15, 0.2) is 18.6 Å². The van der Waals surface area contributed by atoms with Gasteiger partial charge in [0, 0.05) is 63.2 Å². The molecule has 0 N–H and O–H groups in total. The number of rotatable bonds is 5. The first-order valence-corrected chi connectivity index (χ1v) is 8.12. The summed E-state index contributed by atoms with van der Waals surface area (Å²) in [7, 11) is 5.18. The summed E-state index contributed by atoms with van der Waals surface area (Å²) >= 11 is 0. The SMILES string of the molecule is CN(Cc1cn(C)nc1C(F)(F)F)C[C@H]1CCO[C@@H]1c1cnn(C)c1. The van der Waals surface area contributed by atoms with Crippen LogP contribution in [0.25, 0.3) is 0 Å². The first-order valence-electron chi connectivity index (χ1n) is 8.12. The Kier molecular flexibility index (Phi) is 4.88. The van der Waals surface area contributed by atoms with Crippen LogP contribution < -0.4 is 0 Å². The molecule has 1 saturated heterocycles. The van der Waals surface area contributed by atoms with Crippen molar-refractivity contribution in [2.24, 2.45) is 20.0 Å². The van der Waals surface area contributed by atoms with Crippen LogP contribution in [0.1, 0.15) is 29.3 Å². The molecule has 1 aliphatic heterocycles. The molecule has 9 heteroatoms. The predicted molar refractivity (Wildman–Crippen MR) is 84.6 cm³/mol. The fourth-order valence-corrected chi connectivity index (χ4v) is 3.42. The molecular formula is C16H22F3N5O. The number of ether oxygens (including phenoxy) is 1. The molecule has 0 aromatic carbocycles. The highest BCUT2D eigenvalue weighted by molar-refractivity contribution is 5.20. The van der Waals surface area contributed by atoms with Crippen molar-refractivity contribution in [1.29, 1.82) is 0 Å². The van der Waals surface area contributed by atoms with Crippen molar-refractivity contribution in [3.8, 4) is 0 Å². The Labute approximate surface area is 144 Å². The van der Waals surface area contributed by atoms with Crippen LogP contribution >= 0.6 is 0 Å². The molecule has 2 aromatic rings. The fourth-order valence-electron chi connectivity index (χ4n) is 3.42. The minimum atomic E-state index is -4.44. The highest BCUT2D eigenvalue weighted by Gasteiger charge is 2.37. The molecule has 0 spiro atoms. The topological polar surface area (TPSA) is 48.1 Å². The minimum Gasteiger partial charge on any atom is -0.373 e. The van der Waals surface area contributed by atoms with E-state index in [1.165, 1.54) is 17.9 Å². The molecule has 2 aromatic heterocycles. The molecule has 3 rings (SSSR count). The van der Waals surface area contributed by atoms with Crippen LogP contribution in [-0.4, -0.2) is 44.7 Å². The van der Waals surface area contributed by atoms with Gasteiger partial charge in [0.05, 0.1) is 12.3 Å². The van der Waals surface area contributed by atoms with E-state index in [-0.39, 0.29) is 24.1 Å². The molecule has 0 unspecified atom stereocenters. The molecule has 0 saturated carbocycles. The Bertz CT molecular complexity index is 724. The van der Waals surface area contributed by atoms with Crippen LogP contribution in [0.5, 0.6) is 0 Å². The molecule has 0 radical (unpaired) electrons. The molecule has 2 atom stereocenters. The van der Waals surface area contributed by atoms with E-state index in [9.17, 15) is 13.2 Å². The molecule has 1 fully saturated rings. The van der Waals surface area contributed by atoms with E-state index < -0.39 is 11.9 Å². The molecule has 25 heavy (non-hydrogen) atoms. The smallest absolute Gasteiger partial charge is 0.373 e. The third-order valence-corrected chi connectivity index (χ3v) is 4.43. The van der Waals surface area contributed by atoms with E-state index in [1.54, 1.807) is 10.9 Å². The minimum absolute atomic E-state index is 0.0628. The van der Waals surface area contributed by atoms with Gasteiger partial charge in [-0.2, -0.15) is 23.4 Å².